The van der Waals surface area contributed by atoms with E-state index in [0.29, 0.717) is 12.0 Å². The first-order valence-electron chi connectivity index (χ1n) is 7.92. The molecule has 1 aliphatic carbocycles. The molecule has 1 aromatic rings. The predicted molar refractivity (Wildman–Crippen MR) is 83.3 cm³/mol. The van der Waals surface area contributed by atoms with Crippen molar-refractivity contribution in [3.63, 3.8) is 0 Å². The zero-order chi connectivity index (χ0) is 15.5. The van der Waals surface area contributed by atoms with E-state index in [0.717, 1.165) is 44.0 Å². The van der Waals surface area contributed by atoms with Crippen molar-refractivity contribution in [2.75, 3.05) is 34.0 Å². The van der Waals surface area contributed by atoms with Crippen molar-refractivity contribution in [3.05, 3.63) is 23.8 Å². The molecule has 0 spiro atoms. The molecular weight excluding hydrogens is 282 g/mol. The standard InChI is InChI=1S/C17H25NO4/c1-20-14-5-12(6-15(9-14)21-2)10-18-3-4-22-17-8-13(11-19)7-16(17)18/h5-6,9,13,16-17,19H,3-4,7-8,10-11H2,1-2H3/t13-,16+,17?/m1/s1. The quantitative estimate of drug-likeness (QED) is 0.897. The fourth-order valence-electron chi connectivity index (χ4n) is 3.66. The molecule has 1 saturated heterocycles. The second-order valence-corrected chi connectivity index (χ2v) is 6.19. The summed E-state index contributed by atoms with van der Waals surface area (Å²) in [6, 6.07) is 6.42. The lowest BCUT2D eigenvalue weighted by Crippen LogP contribution is -2.47. The van der Waals surface area contributed by atoms with Crippen molar-refractivity contribution < 1.29 is 19.3 Å². The van der Waals surface area contributed by atoms with Crippen LogP contribution in [0.1, 0.15) is 18.4 Å². The van der Waals surface area contributed by atoms with E-state index in [1.54, 1.807) is 14.2 Å². The van der Waals surface area contributed by atoms with E-state index < -0.39 is 0 Å². The fourth-order valence-corrected chi connectivity index (χ4v) is 3.66. The molecule has 3 rings (SSSR count). The van der Waals surface area contributed by atoms with E-state index in [4.69, 9.17) is 14.2 Å². The first kappa shape index (κ1) is 15.6. The maximum absolute atomic E-state index is 9.42. The first-order chi connectivity index (χ1) is 10.7. The van der Waals surface area contributed by atoms with E-state index in [1.807, 2.05) is 6.07 Å². The van der Waals surface area contributed by atoms with Crippen LogP contribution in [-0.4, -0.2) is 56.1 Å². The van der Waals surface area contributed by atoms with Gasteiger partial charge in [0.15, 0.2) is 0 Å². The molecule has 2 fully saturated rings. The molecule has 1 aromatic carbocycles. The molecule has 22 heavy (non-hydrogen) atoms. The second kappa shape index (κ2) is 6.86. The van der Waals surface area contributed by atoms with Crippen LogP contribution in [0.4, 0.5) is 0 Å². The molecule has 3 atom stereocenters. The maximum Gasteiger partial charge on any atom is 0.122 e. The normalized spacial score (nSPS) is 28.4. The Hall–Kier alpha value is -1.30. The summed E-state index contributed by atoms with van der Waals surface area (Å²) in [5, 5.41) is 9.42. The Morgan fingerprint density at radius 3 is 2.55 bits per heavy atom. The smallest absolute Gasteiger partial charge is 0.122 e. The van der Waals surface area contributed by atoms with Crippen molar-refractivity contribution in [3.8, 4) is 11.5 Å². The third kappa shape index (κ3) is 3.21. The van der Waals surface area contributed by atoms with E-state index >= 15 is 0 Å². The van der Waals surface area contributed by atoms with Gasteiger partial charge in [0.1, 0.15) is 11.5 Å². The maximum atomic E-state index is 9.42. The minimum atomic E-state index is 0.261. The van der Waals surface area contributed by atoms with Gasteiger partial charge in [0.25, 0.3) is 0 Å². The fraction of sp³-hybridized carbons (Fsp3) is 0.647. The molecule has 1 saturated carbocycles. The number of morpholine rings is 1. The van der Waals surface area contributed by atoms with Crippen LogP contribution in [-0.2, 0) is 11.3 Å². The number of rotatable bonds is 5. The van der Waals surface area contributed by atoms with Gasteiger partial charge < -0.3 is 19.3 Å². The van der Waals surface area contributed by atoms with E-state index in [2.05, 4.69) is 17.0 Å². The summed E-state index contributed by atoms with van der Waals surface area (Å²) >= 11 is 0. The highest BCUT2D eigenvalue weighted by atomic mass is 16.5. The summed E-state index contributed by atoms with van der Waals surface area (Å²) in [5.74, 6) is 2.01. The summed E-state index contributed by atoms with van der Waals surface area (Å²) in [4.78, 5) is 2.47. The number of aliphatic hydroxyl groups is 1. The number of nitrogens with zero attached hydrogens (tertiary/aromatic N) is 1. The number of aliphatic hydroxyl groups excluding tert-OH is 1. The molecule has 2 aliphatic rings. The monoisotopic (exact) mass is 307 g/mol. The van der Waals surface area contributed by atoms with Gasteiger partial charge in [-0.05, 0) is 36.5 Å². The summed E-state index contributed by atoms with van der Waals surface area (Å²) < 4.78 is 16.6. The highest BCUT2D eigenvalue weighted by molar-refractivity contribution is 5.38. The topological polar surface area (TPSA) is 51.2 Å². The molecular formula is C17H25NO4. The van der Waals surface area contributed by atoms with Crippen molar-refractivity contribution in [2.45, 2.75) is 31.5 Å². The SMILES string of the molecule is COc1cc(CN2CCOC3C[C@H](CO)C[C@@H]32)cc(OC)c1. The molecule has 5 nitrogen and oxygen atoms in total. The Balaban J connectivity index is 1.74. The van der Waals surface area contributed by atoms with Crippen molar-refractivity contribution in [1.29, 1.82) is 0 Å². The number of fused-ring (bicyclic) bond motifs is 1. The summed E-state index contributed by atoms with van der Waals surface area (Å²) in [6.45, 7) is 2.81. The Morgan fingerprint density at radius 2 is 1.91 bits per heavy atom. The molecule has 0 aromatic heterocycles. The van der Waals surface area contributed by atoms with Crippen LogP contribution in [0.5, 0.6) is 11.5 Å². The third-order valence-electron chi connectivity index (χ3n) is 4.80. The van der Waals surface area contributed by atoms with E-state index in [9.17, 15) is 5.11 Å². The van der Waals surface area contributed by atoms with Gasteiger partial charge in [-0.2, -0.15) is 0 Å². The van der Waals surface area contributed by atoms with Gasteiger partial charge in [-0.1, -0.05) is 0 Å². The largest absolute Gasteiger partial charge is 0.497 e. The molecule has 1 unspecified atom stereocenters. The number of benzene rings is 1. The third-order valence-corrected chi connectivity index (χ3v) is 4.80. The van der Waals surface area contributed by atoms with Crippen LogP contribution in [0.2, 0.25) is 0 Å². The molecule has 122 valence electrons. The predicted octanol–water partition coefficient (Wildman–Crippen LogP) is 1.68. The Labute approximate surface area is 131 Å². The molecule has 0 bridgehead atoms. The number of hydrogen-bond acceptors (Lipinski definition) is 5. The summed E-state index contributed by atoms with van der Waals surface area (Å²) in [6.07, 6.45) is 2.25. The molecule has 1 N–H and O–H groups in total. The van der Waals surface area contributed by atoms with Crippen LogP contribution >= 0.6 is 0 Å². The molecule has 0 amide bonds. The zero-order valence-electron chi connectivity index (χ0n) is 13.3. The summed E-state index contributed by atoms with van der Waals surface area (Å²) in [5.41, 5.74) is 1.18. The molecule has 1 heterocycles. The minimum Gasteiger partial charge on any atom is -0.497 e. The molecule has 1 aliphatic heterocycles. The van der Waals surface area contributed by atoms with Gasteiger partial charge in [-0.3, -0.25) is 4.90 Å². The Morgan fingerprint density at radius 1 is 1.18 bits per heavy atom. The van der Waals surface area contributed by atoms with Gasteiger partial charge in [0.05, 0.1) is 26.9 Å². The van der Waals surface area contributed by atoms with Gasteiger partial charge in [-0.25, -0.2) is 0 Å². The van der Waals surface area contributed by atoms with Gasteiger partial charge in [0, 0.05) is 31.8 Å². The minimum absolute atomic E-state index is 0.261. The van der Waals surface area contributed by atoms with Gasteiger partial charge in [0.2, 0.25) is 0 Å². The highest BCUT2D eigenvalue weighted by Crippen LogP contribution is 2.35. The van der Waals surface area contributed by atoms with Crippen molar-refractivity contribution in [1.82, 2.24) is 4.90 Å². The number of hydrogen-bond donors (Lipinski definition) is 1. The van der Waals surface area contributed by atoms with Crippen LogP contribution in [0.25, 0.3) is 0 Å². The molecule has 5 heteroatoms. The van der Waals surface area contributed by atoms with Crippen LogP contribution in [0.15, 0.2) is 18.2 Å². The number of methoxy groups -OCH3 is 2. The zero-order valence-corrected chi connectivity index (χ0v) is 13.3. The first-order valence-corrected chi connectivity index (χ1v) is 7.92. The molecule has 0 radical (unpaired) electrons. The average molecular weight is 307 g/mol. The average Bonchev–Trinajstić information content (AvgIpc) is 2.99. The Kier molecular flexibility index (Phi) is 4.86. The van der Waals surface area contributed by atoms with E-state index in [-0.39, 0.29) is 12.7 Å². The lowest BCUT2D eigenvalue weighted by molar-refractivity contribution is -0.0590. The highest BCUT2D eigenvalue weighted by Gasteiger charge is 2.40. The van der Waals surface area contributed by atoms with Gasteiger partial charge >= 0.3 is 0 Å². The van der Waals surface area contributed by atoms with Gasteiger partial charge in [-0.15, -0.1) is 0 Å². The van der Waals surface area contributed by atoms with Crippen LogP contribution in [0, 0.1) is 5.92 Å². The second-order valence-electron chi connectivity index (χ2n) is 6.19. The summed E-state index contributed by atoms with van der Waals surface area (Å²) in [7, 11) is 3.35. The lowest BCUT2D eigenvalue weighted by atomic mass is 10.1. The van der Waals surface area contributed by atoms with E-state index in [1.165, 1.54) is 5.56 Å². The van der Waals surface area contributed by atoms with Crippen LogP contribution in [0.3, 0.4) is 0 Å². The van der Waals surface area contributed by atoms with Crippen molar-refractivity contribution >= 4 is 0 Å². The van der Waals surface area contributed by atoms with Crippen LogP contribution < -0.4 is 9.47 Å². The lowest BCUT2D eigenvalue weighted by Gasteiger charge is -2.37. The van der Waals surface area contributed by atoms with Crippen molar-refractivity contribution in [2.24, 2.45) is 5.92 Å². The Bertz CT molecular complexity index is 485. The number of ether oxygens (including phenoxy) is 3.